The van der Waals surface area contributed by atoms with Gasteiger partial charge in [-0.2, -0.15) is 0 Å². The summed E-state index contributed by atoms with van der Waals surface area (Å²) in [4.78, 5) is 18.3. The summed E-state index contributed by atoms with van der Waals surface area (Å²) in [6.07, 6.45) is 25.9. The number of hydrogen-bond donors (Lipinski definition) is 1. The number of carbonyl (C=O) groups is 1. The van der Waals surface area contributed by atoms with Gasteiger partial charge in [0, 0.05) is 16.5 Å². The maximum Gasteiger partial charge on any atom is 0.255 e. The van der Waals surface area contributed by atoms with Crippen LogP contribution in [-0.4, -0.2) is 10.9 Å². The lowest BCUT2D eigenvalue weighted by Crippen LogP contribution is -2.15. The highest BCUT2D eigenvalue weighted by Crippen LogP contribution is 2.35. The predicted octanol–water partition coefficient (Wildman–Crippen LogP) is 5.74. The molecule has 0 aromatic carbocycles. The van der Waals surface area contributed by atoms with Gasteiger partial charge in [-0.3, -0.25) is 4.79 Å². The van der Waals surface area contributed by atoms with Crippen LogP contribution in [0.25, 0.3) is 15.8 Å². The minimum Gasteiger partial charge on any atom is -0.320 e. The fourth-order valence-corrected chi connectivity index (χ4v) is 3.78. The van der Waals surface area contributed by atoms with Crippen molar-refractivity contribution in [1.82, 2.24) is 4.98 Å². The van der Waals surface area contributed by atoms with Crippen LogP contribution in [0.5, 0.6) is 0 Å². The second-order valence-corrected chi connectivity index (χ2v) is 6.99. The van der Waals surface area contributed by atoms with Gasteiger partial charge in [0.05, 0.1) is 11.9 Å². The van der Waals surface area contributed by atoms with Crippen LogP contribution in [0.15, 0.2) is 96.1 Å². The third-order valence-corrected chi connectivity index (χ3v) is 5.14. The molecular weight excluding hydrogens is 352 g/mol. The minimum atomic E-state index is -0.149. The lowest BCUT2D eigenvalue weighted by molar-refractivity contribution is -0.112. The van der Waals surface area contributed by atoms with Crippen LogP contribution >= 0.6 is 11.3 Å². The summed E-state index contributed by atoms with van der Waals surface area (Å²) in [6, 6.07) is 2.07. The summed E-state index contributed by atoms with van der Waals surface area (Å²) < 4.78 is 0. The minimum absolute atomic E-state index is 0.149. The van der Waals surface area contributed by atoms with Crippen LogP contribution in [0.4, 0.5) is 5.69 Å². The number of nitrogens with zero attached hydrogens (tertiary/aromatic N) is 1. The molecule has 2 aromatic heterocycles. The summed E-state index contributed by atoms with van der Waals surface area (Å²) in [5, 5.41) is 6.17. The summed E-state index contributed by atoms with van der Waals surface area (Å²) in [7, 11) is 0. The number of fused-ring (bicyclic) bond motifs is 1. The Balaban J connectivity index is 1.74. The zero-order valence-corrected chi connectivity index (χ0v) is 15.4. The molecule has 0 radical (unpaired) electrons. The Morgan fingerprint density at radius 2 is 1.81 bits per heavy atom. The number of rotatable bonds is 3. The van der Waals surface area contributed by atoms with Crippen molar-refractivity contribution in [1.29, 1.82) is 0 Å². The Morgan fingerprint density at radius 3 is 2.78 bits per heavy atom. The van der Waals surface area contributed by atoms with Crippen molar-refractivity contribution in [2.75, 3.05) is 5.32 Å². The average Bonchev–Trinajstić information content (AvgIpc) is 2.95. The van der Waals surface area contributed by atoms with Gasteiger partial charge in [-0.15, -0.1) is 11.3 Å². The second kappa shape index (κ2) is 7.98. The molecule has 1 N–H and O–H groups in total. The monoisotopic (exact) mass is 370 g/mol. The van der Waals surface area contributed by atoms with Gasteiger partial charge in [-0.25, -0.2) is 4.98 Å². The molecule has 4 rings (SSSR count). The summed E-state index contributed by atoms with van der Waals surface area (Å²) >= 11 is 1.61. The van der Waals surface area contributed by atoms with E-state index in [4.69, 9.17) is 0 Å². The number of carbonyl (C=O) groups excluding carboxylic acids is 1. The maximum atomic E-state index is 12.8. The Bertz CT molecular complexity index is 1090. The molecule has 0 atom stereocenters. The molecule has 2 aliphatic carbocycles. The number of allylic oxidation sites excluding steroid dienone is 12. The van der Waals surface area contributed by atoms with Gasteiger partial charge in [0.15, 0.2) is 0 Å². The fraction of sp³-hybridized carbons (Fsp3) is 0.0435. The third-order valence-electron chi connectivity index (χ3n) is 4.32. The standard InChI is InChI=1S/C23H18N2OS/c26-22(18-12-8-2-1-3-9-13-18)25-20-16-24-23-19(14-15-27-23)21(20)17-10-6-4-5-7-11-17/h1-10,12-16H,11H2,(H,25,26). The number of pyridine rings is 1. The summed E-state index contributed by atoms with van der Waals surface area (Å²) in [6.45, 7) is 0. The molecular formula is C23H18N2OS. The molecule has 0 bridgehead atoms. The van der Waals surface area contributed by atoms with Gasteiger partial charge in [0.2, 0.25) is 0 Å². The van der Waals surface area contributed by atoms with Crippen LogP contribution in [0.3, 0.4) is 0 Å². The molecule has 132 valence electrons. The maximum absolute atomic E-state index is 12.8. The lowest BCUT2D eigenvalue weighted by atomic mass is 9.98. The molecule has 3 nitrogen and oxygen atoms in total. The van der Waals surface area contributed by atoms with Gasteiger partial charge in [0.1, 0.15) is 4.83 Å². The Labute approximate surface area is 162 Å². The van der Waals surface area contributed by atoms with E-state index in [1.807, 2.05) is 66.1 Å². The van der Waals surface area contributed by atoms with Crippen LogP contribution in [0, 0.1) is 0 Å². The van der Waals surface area contributed by atoms with Crippen molar-refractivity contribution in [2.45, 2.75) is 6.42 Å². The molecule has 2 aromatic rings. The first-order valence-electron chi connectivity index (χ1n) is 8.75. The molecule has 2 aliphatic rings. The van der Waals surface area contributed by atoms with Crippen molar-refractivity contribution in [2.24, 2.45) is 0 Å². The van der Waals surface area contributed by atoms with E-state index >= 15 is 0 Å². The van der Waals surface area contributed by atoms with Gasteiger partial charge in [-0.1, -0.05) is 60.8 Å². The SMILES string of the molecule is O=C(Nc1cnc2sccc2c1C1=CC=CC=CC1)C1=CC=CC=CC=C1. The smallest absolute Gasteiger partial charge is 0.255 e. The molecule has 1 amide bonds. The first kappa shape index (κ1) is 17.2. The van der Waals surface area contributed by atoms with Crippen LogP contribution in [0.1, 0.15) is 12.0 Å². The van der Waals surface area contributed by atoms with Gasteiger partial charge < -0.3 is 5.32 Å². The van der Waals surface area contributed by atoms with E-state index in [2.05, 4.69) is 28.5 Å². The number of nitrogens with one attached hydrogen (secondary N) is 1. The van der Waals surface area contributed by atoms with E-state index < -0.39 is 0 Å². The highest BCUT2D eigenvalue weighted by atomic mass is 32.1. The first-order valence-corrected chi connectivity index (χ1v) is 9.63. The molecule has 27 heavy (non-hydrogen) atoms. The Hall–Kier alpha value is -3.24. The van der Waals surface area contributed by atoms with Gasteiger partial charge in [-0.05, 0) is 35.6 Å². The van der Waals surface area contributed by atoms with Crippen LogP contribution in [0.2, 0.25) is 0 Å². The topological polar surface area (TPSA) is 42.0 Å². The largest absolute Gasteiger partial charge is 0.320 e. The van der Waals surface area contributed by atoms with Crippen molar-refractivity contribution in [3.05, 3.63) is 102 Å². The quantitative estimate of drug-likeness (QED) is 0.748. The zero-order chi connectivity index (χ0) is 18.5. The van der Waals surface area contributed by atoms with Gasteiger partial charge in [0.25, 0.3) is 5.91 Å². The molecule has 0 saturated heterocycles. The van der Waals surface area contributed by atoms with Crippen LogP contribution < -0.4 is 5.32 Å². The summed E-state index contributed by atoms with van der Waals surface area (Å²) in [5.74, 6) is -0.149. The van der Waals surface area contributed by atoms with E-state index in [-0.39, 0.29) is 5.91 Å². The third kappa shape index (κ3) is 3.81. The van der Waals surface area contributed by atoms with Crippen LogP contribution in [-0.2, 0) is 4.79 Å². The molecule has 0 fully saturated rings. The fourth-order valence-electron chi connectivity index (χ4n) is 3.04. The Kier molecular flexibility index (Phi) is 5.08. The number of hydrogen-bond acceptors (Lipinski definition) is 3. The van der Waals surface area contributed by atoms with Crippen molar-refractivity contribution in [3.8, 4) is 0 Å². The molecule has 0 aliphatic heterocycles. The lowest BCUT2D eigenvalue weighted by Gasteiger charge is -2.14. The molecule has 0 saturated carbocycles. The van der Waals surface area contributed by atoms with E-state index in [0.29, 0.717) is 5.57 Å². The zero-order valence-electron chi connectivity index (χ0n) is 14.6. The number of thiophene rings is 1. The molecule has 4 heteroatoms. The number of aromatic nitrogens is 1. The van der Waals surface area contributed by atoms with E-state index in [1.165, 1.54) is 0 Å². The van der Waals surface area contributed by atoms with Crippen molar-refractivity contribution < 1.29 is 4.79 Å². The average molecular weight is 370 g/mol. The number of amides is 1. The normalized spacial score (nSPS) is 15.9. The van der Waals surface area contributed by atoms with E-state index in [0.717, 1.165) is 33.5 Å². The highest BCUT2D eigenvalue weighted by Gasteiger charge is 2.16. The number of anilines is 1. The molecule has 0 spiro atoms. The first-order chi connectivity index (χ1) is 13.3. The van der Waals surface area contributed by atoms with Gasteiger partial charge >= 0.3 is 0 Å². The van der Waals surface area contributed by atoms with Crippen molar-refractivity contribution in [3.63, 3.8) is 0 Å². The highest BCUT2D eigenvalue weighted by molar-refractivity contribution is 7.16. The van der Waals surface area contributed by atoms with E-state index in [1.54, 1.807) is 17.5 Å². The predicted molar refractivity (Wildman–Crippen MR) is 115 cm³/mol. The molecule has 2 heterocycles. The van der Waals surface area contributed by atoms with E-state index in [9.17, 15) is 4.79 Å². The summed E-state index contributed by atoms with van der Waals surface area (Å²) in [5.41, 5.74) is 3.53. The van der Waals surface area contributed by atoms with Crippen molar-refractivity contribution >= 4 is 38.7 Å². The molecule has 0 unspecified atom stereocenters. The second-order valence-electron chi connectivity index (χ2n) is 6.10. The Morgan fingerprint density at radius 1 is 1.00 bits per heavy atom.